The van der Waals surface area contributed by atoms with Crippen LogP contribution in [0.25, 0.3) is 33.5 Å². The number of anilines is 1. The number of amides is 1. The van der Waals surface area contributed by atoms with Crippen LogP contribution >= 0.6 is 0 Å². The first-order chi connectivity index (χ1) is 15.8. The summed E-state index contributed by atoms with van der Waals surface area (Å²) in [6, 6.07) is 8.97. The maximum atomic E-state index is 13.6. The minimum atomic E-state index is -1.25. The summed E-state index contributed by atoms with van der Waals surface area (Å²) in [5, 5.41) is 2.15. The maximum absolute atomic E-state index is 13.6. The van der Waals surface area contributed by atoms with Crippen molar-refractivity contribution in [2.45, 2.75) is 18.2 Å². The fourth-order valence-corrected chi connectivity index (χ4v) is 4.14. The predicted molar refractivity (Wildman–Crippen MR) is 127 cm³/mol. The first-order valence-corrected chi connectivity index (χ1v) is 11.8. The van der Waals surface area contributed by atoms with Crippen molar-refractivity contribution in [3.05, 3.63) is 60.8 Å². The molecule has 1 amide bonds. The summed E-state index contributed by atoms with van der Waals surface area (Å²) >= 11 is -1.25. The number of hydrogen-bond donors (Lipinski definition) is 2. The molecule has 0 fully saturated rings. The Bertz CT molecular complexity index is 1290. The van der Waals surface area contributed by atoms with Crippen LogP contribution in [-0.4, -0.2) is 47.5 Å². The SMILES string of the molecule is CC([C@@H](N)C(=O)Nc1cnc2c(-c3ccncc3)c(-c3ccc(F)cc3)n(C)c2n1)[S+](C)[O-]. The Morgan fingerprint density at radius 2 is 1.85 bits per heavy atom. The van der Waals surface area contributed by atoms with E-state index in [0.717, 1.165) is 22.4 Å². The fourth-order valence-electron chi connectivity index (χ4n) is 3.60. The molecule has 1 aromatic carbocycles. The standard InChI is InChI=1S/C23H23FN6O2S/c1-13(33(3)32)19(25)23(31)29-17-12-27-20-18(14-8-10-26-11-9-14)21(30(2)22(20)28-17)15-4-6-16(24)7-5-15/h4-13,19H,25H2,1-3H3,(H,28,29,31)/t13?,19-,33?/m1/s1. The van der Waals surface area contributed by atoms with Gasteiger partial charge in [-0.2, -0.15) is 0 Å². The smallest absolute Gasteiger partial charge is 0.247 e. The van der Waals surface area contributed by atoms with E-state index < -0.39 is 28.4 Å². The molecule has 3 heterocycles. The van der Waals surface area contributed by atoms with Crippen LogP contribution in [0.4, 0.5) is 10.2 Å². The predicted octanol–water partition coefficient (Wildman–Crippen LogP) is 2.87. The van der Waals surface area contributed by atoms with Gasteiger partial charge in [0, 0.05) is 25.0 Å². The topological polar surface area (TPSA) is 122 Å². The van der Waals surface area contributed by atoms with Crippen LogP contribution in [0.2, 0.25) is 0 Å². The molecule has 0 spiro atoms. The highest BCUT2D eigenvalue weighted by molar-refractivity contribution is 7.91. The van der Waals surface area contributed by atoms with Crippen molar-refractivity contribution in [2.75, 3.05) is 11.6 Å². The molecule has 0 aliphatic heterocycles. The number of aromatic nitrogens is 4. The lowest BCUT2D eigenvalue weighted by Gasteiger charge is -2.19. The third-order valence-electron chi connectivity index (χ3n) is 5.55. The molecule has 33 heavy (non-hydrogen) atoms. The average molecular weight is 467 g/mol. The van der Waals surface area contributed by atoms with Crippen molar-refractivity contribution in [1.29, 1.82) is 0 Å². The van der Waals surface area contributed by atoms with Gasteiger partial charge in [0.05, 0.1) is 18.1 Å². The van der Waals surface area contributed by atoms with Gasteiger partial charge in [0.2, 0.25) is 5.91 Å². The van der Waals surface area contributed by atoms with Crippen LogP contribution in [0.15, 0.2) is 55.0 Å². The average Bonchev–Trinajstić information content (AvgIpc) is 3.11. The molecule has 170 valence electrons. The van der Waals surface area contributed by atoms with Gasteiger partial charge in [0.1, 0.15) is 22.6 Å². The second-order valence-corrected chi connectivity index (χ2v) is 9.41. The molecule has 4 rings (SSSR count). The highest BCUT2D eigenvalue weighted by Crippen LogP contribution is 2.39. The molecule has 4 aromatic rings. The van der Waals surface area contributed by atoms with E-state index in [1.54, 1.807) is 31.5 Å². The number of nitrogens with one attached hydrogen (secondary N) is 1. The van der Waals surface area contributed by atoms with Crippen molar-refractivity contribution in [3.63, 3.8) is 0 Å². The van der Waals surface area contributed by atoms with Gasteiger partial charge in [0.25, 0.3) is 0 Å². The second kappa shape index (κ2) is 9.26. The summed E-state index contributed by atoms with van der Waals surface area (Å²) in [6.45, 7) is 1.66. The Balaban J connectivity index is 1.82. The Kier molecular flexibility index (Phi) is 6.41. The van der Waals surface area contributed by atoms with Gasteiger partial charge < -0.3 is 20.2 Å². The van der Waals surface area contributed by atoms with E-state index in [2.05, 4.69) is 20.3 Å². The third-order valence-corrected chi connectivity index (χ3v) is 6.89. The molecule has 2 unspecified atom stereocenters. The normalized spacial score (nSPS) is 14.1. The monoisotopic (exact) mass is 466 g/mol. The number of nitrogens with zero attached hydrogens (tertiary/aromatic N) is 4. The second-order valence-electron chi connectivity index (χ2n) is 7.67. The lowest BCUT2D eigenvalue weighted by atomic mass is 10.0. The molecule has 10 heteroatoms. The van der Waals surface area contributed by atoms with Crippen molar-refractivity contribution < 1.29 is 13.7 Å². The summed E-state index contributed by atoms with van der Waals surface area (Å²) in [5.41, 5.74) is 10.4. The number of hydrogen-bond acceptors (Lipinski definition) is 6. The lowest BCUT2D eigenvalue weighted by Crippen LogP contribution is -2.47. The molecule has 3 aromatic heterocycles. The summed E-state index contributed by atoms with van der Waals surface area (Å²) in [4.78, 5) is 25.8. The molecule has 8 nitrogen and oxygen atoms in total. The van der Waals surface area contributed by atoms with Gasteiger partial charge in [-0.25, -0.2) is 14.4 Å². The number of pyridine rings is 1. The van der Waals surface area contributed by atoms with E-state index in [-0.39, 0.29) is 11.6 Å². The van der Waals surface area contributed by atoms with Crippen molar-refractivity contribution in [2.24, 2.45) is 12.8 Å². The van der Waals surface area contributed by atoms with Gasteiger partial charge in [-0.15, -0.1) is 0 Å². The molecule has 0 radical (unpaired) electrons. The van der Waals surface area contributed by atoms with E-state index in [4.69, 9.17) is 5.73 Å². The van der Waals surface area contributed by atoms with Crippen LogP contribution in [0.3, 0.4) is 0 Å². The number of carbonyl (C=O) groups is 1. The highest BCUT2D eigenvalue weighted by Gasteiger charge is 2.28. The van der Waals surface area contributed by atoms with Crippen LogP contribution < -0.4 is 11.1 Å². The quantitative estimate of drug-likeness (QED) is 0.422. The molecular weight excluding hydrogens is 443 g/mol. The Labute approximate surface area is 193 Å². The zero-order chi connectivity index (χ0) is 23.7. The maximum Gasteiger partial charge on any atom is 0.247 e. The van der Waals surface area contributed by atoms with Gasteiger partial charge in [-0.05, 0) is 54.4 Å². The molecule has 0 saturated carbocycles. The molecule has 3 atom stereocenters. The summed E-state index contributed by atoms with van der Waals surface area (Å²) in [6.07, 6.45) is 6.33. The Morgan fingerprint density at radius 3 is 2.48 bits per heavy atom. The molecular formula is C23H23FN6O2S. The van der Waals surface area contributed by atoms with E-state index in [9.17, 15) is 13.7 Å². The van der Waals surface area contributed by atoms with E-state index in [0.29, 0.717) is 11.2 Å². The number of rotatable bonds is 6. The number of halogens is 1. The zero-order valence-corrected chi connectivity index (χ0v) is 19.1. The molecule has 0 saturated heterocycles. The first-order valence-electron chi connectivity index (χ1n) is 10.2. The first kappa shape index (κ1) is 22.8. The zero-order valence-electron chi connectivity index (χ0n) is 18.3. The number of nitrogens with two attached hydrogens (primary N) is 1. The van der Waals surface area contributed by atoms with E-state index in [1.807, 2.05) is 23.7 Å². The lowest BCUT2D eigenvalue weighted by molar-refractivity contribution is -0.117. The van der Waals surface area contributed by atoms with E-state index >= 15 is 0 Å². The van der Waals surface area contributed by atoms with Crippen molar-refractivity contribution in [1.82, 2.24) is 19.5 Å². The molecule has 3 N–H and O–H groups in total. The molecule has 0 bridgehead atoms. The number of carbonyl (C=O) groups excluding carboxylic acids is 1. The van der Waals surface area contributed by atoms with Gasteiger partial charge in [-0.3, -0.25) is 9.78 Å². The summed E-state index contributed by atoms with van der Waals surface area (Å²) < 4.78 is 27.1. The minimum absolute atomic E-state index is 0.226. The fraction of sp³-hybridized carbons (Fsp3) is 0.217. The Hall–Kier alpha value is -3.34. The van der Waals surface area contributed by atoms with Gasteiger partial charge >= 0.3 is 0 Å². The molecule has 0 aliphatic rings. The van der Waals surface area contributed by atoms with Crippen LogP contribution in [-0.2, 0) is 23.0 Å². The third kappa shape index (κ3) is 4.45. The number of benzene rings is 1. The van der Waals surface area contributed by atoms with Crippen LogP contribution in [0.5, 0.6) is 0 Å². The largest absolute Gasteiger partial charge is 0.616 e. The van der Waals surface area contributed by atoms with Gasteiger partial charge in [-0.1, -0.05) is 11.2 Å². The number of aryl methyl sites for hydroxylation is 1. The van der Waals surface area contributed by atoms with Gasteiger partial charge in [0.15, 0.2) is 11.5 Å². The molecule has 0 aliphatic carbocycles. The van der Waals surface area contributed by atoms with E-state index in [1.165, 1.54) is 24.6 Å². The van der Waals surface area contributed by atoms with Crippen molar-refractivity contribution in [3.8, 4) is 22.4 Å². The van der Waals surface area contributed by atoms with Crippen LogP contribution in [0, 0.1) is 5.82 Å². The van der Waals surface area contributed by atoms with Crippen molar-refractivity contribution >= 4 is 34.1 Å². The summed E-state index contributed by atoms with van der Waals surface area (Å²) in [5.74, 6) is -0.596. The number of fused-ring (bicyclic) bond motifs is 1. The highest BCUT2D eigenvalue weighted by atomic mass is 32.2. The summed E-state index contributed by atoms with van der Waals surface area (Å²) in [7, 11) is 1.83. The minimum Gasteiger partial charge on any atom is -0.616 e. The van der Waals surface area contributed by atoms with Crippen LogP contribution in [0.1, 0.15) is 6.92 Å². The Morgan fingerprint density at radius 1 is 1.18 bits per heavy atom.